The van der Waals surface area contributed by atoms with Gasteiger partial charge in [0.05, 0.1) is 6.61 Å². The van der Waals surface area contributed by atoms with Crippen LogP contribution >= 0.6 is 0 Å². The molecule has 1 aliphatic heterocycles. The van der Waals surface area contributed by atoms with Gasteiger partial charge >= 0.3 is 0 Å². The van der Waals surface area contributed by atoms with Crippen LogP contribution in [0, 0.1) is 0 Å². The summed E-state index contributed by atoms with van der Waals surface area (Å²) in [6, 6.07) is 9.68. The van der Waals surface area contributed by atoms with Gasteiger partial charge in [0.25, 0.3) is 0 Å². The average Bonchev–Trinajstić information content (AvgIpc) is 2.98. The molecule has 1 aliphatic rings. The van der Waals surface area contributed by atoms with Crippen LogP contribution in [0.3, 0.4) is 0 Å². The zero-order valence-electron chi connectivity index (χ0n) is 12.9. The van der Waals surface area contributed by atoms with Crippen LogP contribution in [0.2, 0.25) is 0 Å². The average molecular weight is 276 g/mol. The van der Waals surface area contributed by atoms with Gasteiger partial charge in [-0.05, 0) is 36.9 Å². The minimum absolute atomic E-state index is 0.654. The number of hydrogen-bond donors (Lipinski definition) is 1. The molecule has 3 nitrogen and oxygen atoms in total. The molecule has 112 valence electrons. The number of aryl methyl sites for hydroxylation is 1. The van der Waals surface area contributed by atoms with E-state index in [4.69, 9.17) is 4.74 Å². The van der Waals surface area contributed by atoms with Gasteiger partial charge in [-0.3, -0.25) is 4.90 Å². The topological polar surface area (TPSA) is 24.5 Å². The quantitative estimate of drug-likeness (QED) is 0.789. The van der Waals surface area contributed by atoms with Crippen LogP contribution in [0.5, 0.6) is 0 Å². The van der Waals surface area contributed by atoms with Crippen molar-refractivity contribution in [1.82, 2.24) is 10.2 Å². The molecule has 1 aromatic rings. The maximum Gasteiger partial charge on any atom is 0.0589 e. The Hall–Kier alpha value is -0.900. The Kier molecular flexibility index (Phi) is 6.51. The smallest absolute Gasteiger partial charge is 0.0589 e. The van der Waals surface area contributed by atoms with Crippen LogP contribution in [0.4, 0.5) is 0 Å². The first kappa shape index (κ1) is 15.5. The first-order valence-electron chi connectivity index (χ1n) is 7.84. The molecule has 1 aromatic carbocycles. The molecule has 1 atom stereocenters. The lowest BCUT2D eigenvalue weighted by molar-refractivity contribution is 0.138. The third-order valence-corrected chi connectivity index (χ3v) is 4.09. The molecule has 0 saturated carbocycles. The summed E-state index contributed by atoms with van der Waals surface area (Å²) in [6.45, 7) is 7.33. The third kappa shape index (κ3) is 4.89. The first-order chi connectivity index (χ1) is 9.81. The van der Waals surface area contributed by atoms with Crippen molar-refractivity contribution in [3.8, 4) is 0 Å². The van der Waals surface area contributed by atoms with Crippen LogP contribution in [-0.2, 0) is 17.7 Å². The Balaban J connectivity index is 1.90. The molecule has 1 N–H and O–H groups in total. The molecular formula is C17H28N2O. The van der Waals surface area contributed by atoms with Crippen molar-refractivity contribution in [1.29, 1.82) is 0 Å². The van der Waals surface area contributed by atoms with Gasteiger partial charge in [-0.1, -0.05) is 31.2 Å². The van der Waals surface area contributed by atoms with E-state index in [-0.39, 0.29) is 0 Å². The fourth-order valence-electron chi connectivity index (χ4n) is 2.82. The molecule has 0 amide bonds. The van der Waals surface area contributed by atoms with Crippen molar-refractivity contribution in [2.75, 3.05) is 33.4 Å². The zero-order chi connectivity index (χ0) is 14.2. The van der Waals surface area contributed by atoms with Gasteiger partial charge in [0.15, 0.2) is 0 Å². The van der Waals surface area contributed by atoms with Gasteiger partial charge in [-0.15, -0.1) is 0 Å². The summed E-state index contributed by atoms with van der Waals surface area (Å²) in [5.41, 5.74) is 2.81. The van der Waals surface area contributed by atoms with E-state index in [1.807, 2.05) is 0 Å². The number of ether oxygens (including phenoxy) is 1. The van der Waals surface area contributed by atoms with E-state index in [2.05, 4.69) is 41.4 Å². The van der Waals surface area contributed by atoms with Gasteiger partial charge < -0.3 is 10.1 Å². The fraction of sp³-hybridized carbons (Fsp3) is 0.647. The Morgan fingerprint density at radius 3 is 2.60 bits per heavy atom. The summed E-state index contributed by atoms with van der Waals surface area (Å²) in [6.07, 6.45) is 3.73. The Labute approximate surface area is 123 Å². The minimum Gasteiger partial charge on any atom is -0.383 e. The summed E-state index contributed by atoms with van der Waals surface area (Å²) < 4.78 is 5.25. The van der Waals surface area contributed by atoms with Crippen molar-refractivity contribution in [3.63, 3.8) is 0 Å². The highest BCUT2D eigenvalue weighted by Crippen LogP contribution is 2.11. The van der Waals surface area contributed by atoms with Crippen LogP contribution in [0.15, 0.2) is 24.3 Å². The molecule has 20 heavy (non-hydrogen) atoms. The molecule has 0 aromatic heterocycles. The molecule has 1 heterocycles. The zero-order valence-corrected chi connectivity index (χ0v) is 12.9. The normalized spacial score (nSPS) is 18.9. The molecular weight excluding hydrogens is 248 g/mol. The number of nitrogens with zero attached hydrogens (tertiary/aromatic N) is 1. The summed E-state index contributed by atoms with van der Waals surface area (Å²) in [4.78, 5) is 2.51. The fourth-order valence-corrected chi connectivity index (χ4v) is 2.82. The number of benzene rings is 1. The third-order valence-electron chi connectivity index (χ3n) is 4.09. The Morgan fingerprint density at radius 1 is 1.25 bits per heavy atom. The van der Waals surface area contributed by atoms with Gasteiger partial charge in [0.1, 0.15) is 0 Å². The highest BCUT2D eigenvalue weighted by Gasteiger charge is 2.17. The van der Waals surface area contributed by atoms with Crippen LogP contribution < -0.4 is 5.32 Å². The van der Waals surface area contributed by atoms with Crippen molar-refractivity contribution in [2.24, 2.45) is 0 Å². The number of rotatable bonds is 8. The van der Waals surface area contributed by atoms with Gasteiger partial charge in [-0.2, -0.15) is 0 Å². The van der Waals surface area contributed by atoms with E-state index < -0.39 is 0 Å². The van der Waals surface area contributed by atoms with Gasteiger partial charge in [-0.25, -0.2) is 0 Å². The first-order valence-corrected chi connectivity index (χ1v) is 7.84. The standard InChI is InChI=1S/C17H28N2O/c1-3-15-6-8-16(9-7-15)13-19(11-12-20-2)14-17-5-4-10-18-17/h6-9,17-18H,3-5,10-14H2,1-2H3. The van der Waals surface area contributed by atoms with Crippen LogP contribution in [0.25, 0.3) is 0 Å². The van der Waals surface area contributed by atoms with Gasteiger partial charge in [0, 0.05) is 32.8 Å². The molecule has 3 heteroatoms. The Morgan fingerprint density at radius 2 is 2.00 bits per heavy atom. The summed E-state index contributed by atoms with van der Waals surface area (Å²) >= 11 is 0. The lowest BCUT2D eigenvalue weighted by Gasteiger charge is -2.25. The van der Waals surface area contributed by atoms with E-state index in [9.17, 15) is 0 Å². The maximum atomic E-state index is 5.25. The number of nitrogens with one attached hydrogen (secondary N) is 1. The second kappa shape index (κ2) is 8.40. The predicted molar refractivity (Wildman–Crippen MR) is 84.0 cm³/mol. The molecule has 1 saturated heterocycles. The largest absolute Gasteiger partial charge is 0.383 e. The van der Waals surface area contributed by atoms with E-state index >= 15 is 0 Å². The van der Waals surface area contributed by atoms with Gasteiger partial charge in [0.2, 0.25) is 0 Å². The highest BCUT2D eigenvalue weighted by atomic mass is 16.5. The van der Waals surface area contributed by atoms with Crippen molar-refractivity contribution in [2.45, 2.75) is 38.8 Å². The number of methoxy groups -OCH3 is 1. The monoisotopic (exact) mass is 276 g/mol. The van der Waals surface area contributed by atoms with Crippen LogP contribution in [0.1, 0.15) is 30.9 Å². The predicted octanol–water partition coefficient (Wildman–Crippen LogP) is 2.45. The molecule has 2 rings (SSSR count). The highest BCUT2D eigenvalue weighted by molar-refractivity contribution is 5.22. The van der Waals surface area contributed by atoms with Crippen molar-refractivity contribution < 1.29 is 4.74 Å². The van der Waals surface area contributed by atoms with Crippen LogP contribution in [-0.4, -0.2) is 44.3 Å². The molecule has 0 spiro atoms. The summed E-state index contributed by atoms with van der Waals surface area (Å²) in [5.74, 6) is 0. The SMILES string of the molecule is CCc1ccc(CN(CCOC)CC2CCCN2)cc1. The second-order valence-corrected chi connectivity index (χ2v) is 5.69. The molecule has 1 fully saturated rings. The lowest BCUT2D eigenvalue weighted by atomic mass is 10.1. The van der Waals surface area contributed by atoms with Crippen molar-refractivity contribution in [3.05, 3.63) is 35.4 Å². The second-order valence-electron chi connectivity index (χ2n) is 5.69. The van der Waals surface area contributed by atoms with E-state index in [0.29, 0.717) is 6.04 Å². The summed E-state index contributed by atoms with van der Waals surface area (Å²) in [7, 11) is 1.78. The molecule has 1 unspecified atom stereocenters. The van der Waals surface area contributed by atoms with E-state index in [1.54, 1.807) is 7.11 Å². The maximum absolute atomic E-state index is 5.25. The Bertz CT molecular complexity index is 371. The number of hydrogen-bond acceptors (Lipinski definition) is 3. The van der Waals surface area contributed by atoms with E-state index in [0.717, 1.165) is 32.7 Å². The molecule has 0 radical (unpaired) electrons. The summed E-state index contributed by atoms with van der Waals surface area (Å²) in [5, 5.41) is 3.59. The van der Waals surface area contributed by atoms with E-state index in [1.165, 1.54) is 30.5 Å². The molecule has 0 bridgehead atoms. The lowest BCUT2D eigenvalue weighted by Crippen LogP contribution is -2.38. The molecule has 0 aliphatic carbocycles. The minimum atomic E-state index is 0.654. The van der Waals surface area contributed by atoms with Crippen molar-refractivity contribution >= 4 is 0 Å².